The van der Waals surface area contributed by atoms with Crippen LogP contribution in [0.5, 0.6) is 0 Å². The van der Waals surface area contributed by atoms with Gasteiger partial charge >= 0.3 is 0 Å². The first kappa shape index (κ1) is 11.3. The average molecular weight is 254 g/mol. The Labute approximate surface area is 108 Å². The third-order valence-electron chi connectivity index (χ3n) is 2.84. The zero-order valence-corrected chi connectivity index (χ0v) is 10.1. The van der Waals surface area contributed by atoms with Gasteiger partial charge in [-0.3, -0.25) is 10.1 Å². The van der Waals surface area contributed by atoms with Crippen LogP contribution in [-0.2, 0) is 0 Å². The SMILES string of the molecule is Cc1ccc(-n2nc3ccc([N+](=O)[O-])cc3n2)cc1. The minimum Gasteiger partial charge on any atom is -0.258 e. The smallest absolute Gasteiger partial charge is 0.258 e. The summed E-state index contributed by atoms with van der Waals surface area (Å²) in [5, 5.41) is 19.3. The van der Waals surface area contributed by atoms with Crippen molar-refractivity contribution in [3.8, 4) is 5.69 Å². The van der Waals surface area contributed by atoms with Gasteiger partial charge in [0.25, 0.3) is 5.69 Å². The number of aryl methyl sites for hydroxylation is 1. The van der Waals surface area contributed by atoms with Crippen molar-refractivity contribution < 1.29 is 4.92 Å². The standard InChI is InChI=1S/C13H10N4O2/c1-9-2-4-10(5-3-9)16-14-12-7-6-11(17(18)19)8-13(12)15-16/h2-8H,1H3. The van der Waals surface area contributed by atoms with E-state index >= 15 is 0 Å². The van der Waals surface area contributed by atoms with Crippen LogP contribution < -0.4 is 0 Å². The third-order valence-corrected chi connectivity index (χ3v) is 2.84. The molecule has 0 radical (unpaired) electrons. The van der Waals surface area contributed by atoms with Gasteiger partial charge < -0.3 is 0 Å². The maximum absolute atomic E-state index is 10.7. The molecule has 0 spiro atoms. The molecule has 19 heavy (non-hydrogen) atoms. The predicted molar refractivity (Wildman–Crippen MR) is 70.3 cm³/mol. The molecule has 94 valence electrons. The molecule has 6 heteroatoms. The van der Waals surface area contributed by atoms with Gasteiger partial charge in [-0.2, -0.15) is 4.80 Å². The third kappa shape index (κ3) is 2.03. The number of hydrogen-bond donors (Lipinski definition) is 0. The molecule has 0 N–H and O–H groups in total. The maximum atomic E-state index is 10.7. The molecule has 0 amide bonds. The Balaban J connectivity index is 2.11. The summed E-state index contributed by atoms with van der Waals surface area (Å²) in [6.45, 7) is 2.00. The second kappa shape index (κ2) is 4.16. The minimum atomic E-state index is -0.440. The van der Waals surface area contributed by atoms with Gasteiger partial charge in [-0.1, -0.05) is 17.7 Å². The molecule has 0 unspecified atom stereocenters. The Morgan fingerprint density at radius 3 is 2.42 bits per heavy atom. The number of nitro groups is 1. The largest absolute Gasteiger partial charge is 0.271 e. The van der Waals surface area contributed by atoms with E-state index in [2.05, 4.69) is 10.2 Å². The van der Waals surface area contributed by atoms with Gasteiger partial charge in [0.2, 0.25) is 0 Å². The Kier molecular flexibility index (Phi) is 2.49. The summed E-state index contributed by atoms with van der Waals surface area (Å²) in [7, 11) is 0. The van der Waals surface area contributed by atoms with Crippen molar-refractivity contribution in [1.82, 2.24) is 15.0 Å². The zero-order chi connectivity index (χ0) is 13.4. The number of nitro benzene ring substituents is 1. The number of nitrogens with zero attached hydrogens (tertiary/aromatic N) is 4. The van der Waals surface area contributed by atoms with E-state index in [9.17, 15) is 10.1 Å². The molecule has 0 bridgehead atoms. The van der Waals surface area contributed by atoms with Crippen LogP contribution in [0.15, 0.2) is 42.5 Å². The van der Waals surface area contributed by atoms with Gasteiger partial charge in [0, 0.05) is 12.1 Å². The Hall–Kier alpha value is -2.76. The fraction of sp³-hybridized carbons (Fsp3) is 0.0769. The molecule has 0 aliphatic heterocycles. The lowest BCUT2D eigenvalue weighted by atomic mass is 10.2. The highest BCUT2D eigenvalue weighted by atomic mass is 16.6. The van der Waals surface area contributed by atoms with Crippen molar-refractivity contribution in [1.29, 1.82) is 0 Å². The highest BCUT2D eigenvalue weighted by Crippen LogP contribution is 2.19. The van der Waals surface area contributed by atoms with E-state index < -0.39 is 4.92 Å². The van der Waals surface area contributed by atoms with Crippen LogP contribution in [0.2, 0.25) is 0 Å². The summed E-state index contributed by atoms with van der Waals surface area (Å²) in [4.78, 5) is 11.7. The number of non-ortho nitro benzene ring substituents is 1. The first-order valence-corrected chi connectivity index (χ1v) is 5.72. The van der Waals surface area contributed by atoms with Gasteiger partial charge in [0.05, 0.1) is 10.6 Å². The van der Waals surface area contributed by atoms with Crippen molar-refractivity contribution in [2.45, 2.75) is 6.92 Å². The fourth-order valence-corrected chi connectivity index (χ4v) is 1.81. The van der Waals surface area contributed by atoms with Crippen LogP contribution in [0.1, 0.15) is 5.56 Å². The molecule has 6 nitrogen and oxygen atoms in total. The van der Waals surface area contributed by atoms with Gasteiger partial charge in [0.1, 0.15) is 11.0 Å². The van der Waals surface area contributed by atoms with Crippen molar-refractivity contribution in [3.05, 3.63) is 58.1 Å². The Morgan fingerprint density at radius 1 is 1.05 bits per heavy atom. The average Bonchev–Trinajstić information content (AvgIpc) is 2.82. The first-order chi connectivity index (χ1) is 9.13. The topological polar surface area (TPSA) is 73.8 Å². The molecular weight excluding hydrogens is 244 g/mol. The van der Waals surface area contributed by atoms with Gasteiger partial charge in [-0.05, 0) is 25.1 Å². The van der Waals surface area contributed by atoms with Crippen LogP contribution in [0.4, 0.5) is 5.69 Å². The van der Waals surface area contributed by atoms with Crippen LogP contribution in [0.3, 0.4) is 0 Å². The van der Waals surface area contributed by atoms with Crippen LogP contribution in [0, 0.1) is 17.0 Å². The molecule has 0 aliphatic carbocycles. The van der Waals surface area contributed by atoms with Gasteiger partial charge in [-0.15, -0.1) is 10.2 Å². The van der Waals surface area contributed by atoms with Crippen molar-refractivity contribution >= 4 is 16.7 Å². The molecule has 3 rings (SSSR count). The zero-order valence-electron chi connectivity index (χ0n) is 10.1. The number of hydrogen-bond acceptors (Lipinski definition) is 4. The molecule has 2 aromatic carbocycles. The Bertz CT molecular complexity index is 762. The summed E-state index contributed by atoms with van der Waals surface area (Å²) in [5.74, 6) is 0. The molecule has 0 saturated carbocycles. The lowest BCUT2D eigenvalue weighted by Crippen LogP contribution is -1.97. The van der Waals surface area contributed by atoms with Crippen molar-refractivity contribution in [2.24, 2.45) is 0 Å². The Morgan fingerprint density at radius 2 is 1.74 bits per heavy atom. The minimum absolute atomic E-state index is 0.0171. The fourth-order valence-electron chi connectivity index (χ4n) is 1.81. The molecule has 1 heterocycles. The number of benzene rings is 2. The quantitative estimate of drug-likeness (QED) is 0.520. The number of rotatable bonds is 2. The maximum Gasteiger partial charge on any atom is 0.271 e. The highest BCUT2D eigenvalue weighted by Gasteiger charge is 2.10. The van der Waals surface area contributed by atoms with Crippen LogP contribution in [-0.4, -0.2) is 19.9 Å². The van der Waals surface area contributed by atoms with E-state index in [-0.39, 0.29) is 5.69 Å². The monoisotopic (exact) mass is 254 g/mol. The molecule has 0 aliphatic rings. The lowest BCUT2D eigenvalue weighted by Gasteiger charge is -1.98. The molecule has 3 aromatic rings. The number of aromatic nitrogens is 3. The summed E-state index contributed by atoms with van der Waals surface area (Å²) in [6, 6.07) is 12.2. The summed E-state index contributed by atoms with van der Waals surface area (Å²) >= 11 is 0. The van der Waals surface area contributed by atoms with E-state index in [0.717, 1.165) is 11.3 Å². The molecule has 0 fully saturated rings. The van der Waals surface area contributed by atoms with E-state index in [1.54, 1.807) is 6.07 Å². The molecule has 0 atom stereocenters. The van der Waals surface area contributed by atoms with Crippen molar-refractivity contribution in [3.63, 3.8) is 0 Å². The number of fused-ring (bicyclic) bond motifs is 1. The molecule has 0 saturated heterocycles. The predicted octanol–water partition coefficient (Wildman–Crippen LogP) is 2.64. The molecule has 1 aromatic heterocycles. The second-order valence-corrected chi connectivity index (χ2v) is 4.26. The van der Waals surface area contributed by atoms with Crippen LogP contribution in [0.25, 0.3) is 16.7 Å². The van der Waals surface area contributed by atoms with E-state index in [1.807, 2.05) is 31.2 Å². The van der Waals surface area contributed by atoms with Crippen LogP contribution >= 0.6 is 0 Å². The van der Waals surface area contributed by atoms with Gasteiger partial charge in [0.15, 0.2) is 0 Å². The lowest BCUT2D eigenvalue weighted by molar-refractivity contribution is -0.384. The van der Waals surface area contributed by atoms with E-state index in [4.69, 9.17) is 0 Å². The van der Waals surface area contributed by atoms with Crippen molar-refractivity contribution in [2.75, 3.05) is 0 Å². The highest BCUT2D eigenvalue weighted by molar-refractivity contribution is 5.76. The van der Waals surface area contributed by atoms with E-state index in [0.29, 0.717) is 11.0 Å². The summed E-state index contributed by atoms with van der Waals surface area (Å²) < 4.78 is 0. The summed E-state index contributed by atoms with van der Waals surface area (Å²) in [6.07, 6.45) is 0. The first-order valence-electron chi connectivity index (χ1n) is 5.72. The second-order valence-electron chi connectivity index (χ2n) is 4.26. The van der Waals surface area contributed by atoms with Gasteiger partial charge in [-0.25, -0.2) is 0 Å². The molecular formula is C13H10N4O2. The normalized spacial score (nSPS) is 10.8. The van der Waals surface area contributed by atoms with E-state index in [1.165, 1.54) is 16.9 Å². The summed E-state index contributed by atoms with van der Waals surface area (Å²) in [5.41, 5.74) is 3.13.